The zero-order valence-corrected chi connectivity index (χ0v) is 20.5. The second-order valence-corrected chi connectivity index (χ2v) is 9.21. The Labute approximate surface area is 204 Å². The monoisotopic (exact) mass is 492 g/mol. The lowest BCUT2D eigenvalue weighted by Gasteiger charge is -2.26. The Morgan fingerprint density at radius 2 is 1.37 bits per heavy atom. The van der Waals surface area contributed by atoms with Crippen LogP contribution < -0.4 is 21.7 Å². The van der Waals surface area contributed by atoms with Gasteiger partial charge in [-0.1, -0.05) is 58.0 Å². The number of carboxylic acids is 2. The number of nitrogens with two attached hydrogens (primary N) is 1. The van der Waals surface area contributed by atoms with Crippen molar-refractivity contribution in [3.8, 4) is 0 Å². The van der Waals surface area contributed by atoms with Crippen molar-refractivity contribution in [2.45, 2.75) is 71.1 Å². The van der Waals surface area contributed by atoms with Gasteiger partial charge in [-0.05, 0) is 23.8 Å². The molecule has 3 amide bonds. The molecule has 0 saturated carbocycles. The number of carboxylic acid groups (broad SMARTS) is 2. The van der Waals surface area contributed by atoms with Crippen molar-refractivity contribution in [1.29, 1.82) is 0 Å². The van der Waals surface area contributed by atoms with E-state index in [4.69, 9.17) is 10.8 Å². The van der Waals surface area contributed by atoms with Crippen LogP contribution in [-0.4, -0.2) is 64.0 Å². The van der Waals surface area contributed by atoms with E-state index in [1.165, 1.54) is 0 Å². The van der Waals surface area contributed by atoms with E-state index < -0.39 is 66.2 Å². The molecule has 11 nitrogen and oxygen atoms in total. The summed E-state index contributed by atoms with van der Waals surface area (Å²) in [5.41, 5.74) is 6.35. The number of aliphatic carboxylic acids is 2. The number of amides is 3. The van der Waals surface area contributed by atoms with Gasteiger partial charge in [-0.25, -0.2) is 4.79 Å². The van der Waals surface area contributed by atoms with E-state index in [-0.39, 0.29) is 18.8 Å². The first-order valence-electron chi connectivity index (χ1n) is 11.5. The number of rotatable bonds is 14. The van der Waals surface area contributed by atoms with Crippen LogP contribution in [0.1, 0.15) is 46.1 Å². The summed E-state index contributed by atoms with van der Waals surface area (Å²) in [5.74, 6) is -5.02. The van der Waals surface area contributed by atoms with Crippen LogP contribution in [-0.2, 0) is 30.4 Å². The zero-order valence-electron chi connectivity index (χ0n) is 20.5. The fourth-order valence-electron chi connectivity index (χ4n) is 3.36. The van der Waals surface area contributed by atoms with Crippen molar-refractivity contribution in [2.75, 3.05) is 0 Å². The van der Waals surface area contributed by atoms with Gasteiger partial charge >= 0.3 is 11.9 Å². The Kier molecular flexibility index (Phi) is 11.9. The molecule has 0 spiro atoms. The fraction of sp³-hybridized carbons (Fsp3) is 0.542. The average Bonchev–Trinajstić information content (AvgIpc) is 2.75. The van der Waals surface area contributed by atoms with Crippen molar-refractivity contribution >= 4 is 29.7 Å². The Morgan fingerprint density at radius 3 is 1.86 bits per heavy atom. The third-order valence-corrected chi connectivity index (χ3v) is 5.22. The van der Waals surface area contributed by atoms with Crippen LogP contribution in [0, 0.1) is 11.8 Å². The molecule has 0 bridgehead atoms. The van der Waals surface area contributed by atoms with Gasteiger partial charge < -0.3 is 31.9 Å². The Bertz CT molecular complexity index is 889. The molecule has 11 heteroatoms. The highest BCUT2D eigenvalue weighted by Gasteiger charge is 2.32. The molecule has 0 heterocycles. The molecule has 1 aromatic rings. The zero-order chi connectivity index (χ0) is 26.7. The van der Waals surface area contributed by atoms with Gasteiger partial charge in [-0.15, -0.1) is 0 Å². The SMILES string of the molecule is CC(C)CC(NC(=O)C(N)CC(=O)O)C(=O)NC(Cc1ccccc1)C(=O)NC(C(=O)O)C(C)C. The Morgan fingerprint density at radius 1 is 0.829 bits per heavy atom. The van der Waals surface area contributed by atoms with Crippen molar-refractivity contribution in [3.05, 3.63) is 35.9 Å². The Hall–Kier alpha value is -3.47. The fourth-order valence-corrected chi connectivity index (χ4v) is 3.36. The molecule has 0 aliphatic rings. The van der Waals surface area contributed by atoms with Crippen LogP contribution in [0.15, 0.2) is 30.3 Å². The predicted octanol–water partition coefficient (Wildman–Crippen LogP) is 0.272. The summed E-state index contributed by atoms with van der Waals surface area (Å²) < 4.78 is 0. The van der Waals surface area contributed by atoms with E-state index in [1.54, 1.807) is 44.2 Å². The topological polar surface area (TPSA) is 188 Å². The minimum absolute atomic E-state index is 0.0273. The molecule has 194 valence electrons. The van der Waals surface area contributed by atoms with Crippen LogP contribution in [0.2, 0.25) is 0 Å². The second kappa shape index (κ2) is 14.1. The third-order valence-electron chi connectivity index (χ3n) is 5.22. The molecule has 0 aromatic heterocycles. The van der Waals surface area contributed by atoms with Gasteiger partial charge in [0.05, 0.1) is 12.5 Å². The lowest BCUT2D eigenvalue weighted by atomic mass is 9.99. The van der Waals surface area contributed by atoms with Crippen LogP contribution in [0.4, 0.5) is 0 Å². The molecule has 0 saturated heterocycles. The van der Waals surface area contributed by atoms with E-state index in [0.717, 1.165) is 5.56 Å². The summed E-state index contributed by atoms with van der Waals surface area (Å²) in [7, 11) is 0. The summed E-state index contributed by atoms with van der Waals surface area (Å²) in [5, 5.41) is 25.9. The van der Waals surface area contributed by atoms with Gasteiger partial charge in [0.2, 0.25) is 17.7 Å². The van der Waals surface area contributed by atoms with Crippen molar-refractivity contribution in [3.63, 3.8) is 0 Å². The highest BCUT2D eigenvalue weighted by molar-refractivity contribution is 5.94. The maximum Gasteiger partial charge on any atom is 0.326 e. The molecule has 1 aromatic carbocycles. The number of hydrogen-bond donors (Lipinski definition) is 6. The van der Waals surface area contributed by atoms with Crippen LogP contribution in [0.3, 0.4) is 0 Å². The number of carbonyl (C=O) groups is 5. The lowest BCUT2D eigenvalue weighted by Crippen LogP contribution is -2.58. The van der Waals surface area contributed by atoms with Crippen molar-refractivity contribution in [1.82, 2.24) is 16.0 Å². The smallest absolute Gasteiger partial charge is 0.326 e. The molecule has 4 atom stereocenters. The van der Waals surface area contributed by atoms with Gasteiger partial charge in [-0.2, -0.15) is 0 Å². The van der Waals surface area contributed by atoms with Crippen molar-refractivity contribution in [2.24, 2.45) is 17.6 Å². The van der Waals surface area contributed by atoms with Gasteiger partial charge in [0.1, 0.15) is 18.1 Å². The number of hydrogen-bond acceptors (Lipinski definition) is 6. The first-order chi connectivity index (χ1) is 16.3. The molecule has 4 unspecified atom stereocenters. The predicted molar refractivity (Wildman–Crippen MR) is 128 cm³/mol. The Balaban J connectivity index is 3.12. The van der Waals surface area contributed by atoms with E-state index >= 15 is 0 Å². The molecular formula is C24H36N4O7. The number of benzene rings is 1. The van der Waals surface area contributed by atoms with Crippen LogP contribution in [0.5, 0.6) is 0 Å². The molecule has 35 heavy (non-hydrogen) atoms. The first kappa shape index (κ1) is 29.6. The minimum Gasteiger partial charge on any atom is -0.481 e. The quantitative estimate of drug-likeness (QED) is 0.213. The first-order valence-corrected chi connectivity index (χ1v) is 11.5. The molecule has 0 aliphatic heterocycles. The van der Waals surface area contributed by atoms with Crippen LogP contribution >= 0.6 is 0 Å². The van der Waals surface area contributed by atoms with Gasteiger partial charge in [0, 0.05) is 6.42 Å². The van der Waals surface area contributed by atoms with E-state index in [1.807, 2.05) is 13.8 Å². The highest BCUT2D eigenvalue weighted by Crippen LogP contribution is 2.10. The molecular weight excluding hydrogens is 456 g/mol. The lowest BCUT2D eigenvalue weighted by molar-refractivity contribution is -0.143. The normalized spacial score (nSPS) is 14.5. The average molecular weight is 493 g/mol. The van der Waals surface area contributed by atoms with Crippen LogP contribution in [0.25, 0.3) is 0 Å². The second-order valence-electron chi connectivity index (χ2n) is 9.21. The summed E-state index contributed by atoms with van der Waals surface area (Å²) in [6, 6.07) is 4.17. The number of nitrogens with one attached hydrogen (secondary N) is 3. The summed E-state index contributed by atoms with van der Waals surface area (Å²) in [6.07, 6.45) is -0.308. The summed E-state index contributed by atoms with van der Waals surface area (Å²) in [4.78, 5) is 61.0. The molecule has 0 fully saturated rings. The molecule has 1 rings (SSSR count). The molecule has 0 radical (unpaired) electrons. The molecule has 0 aliphatic carbocycles. The van der Waals surface area contributed by atoms with Gasteiger partial charge in [-0.3, -0.25) is 19.2 Å². The largest absolute Gasteiger partial charge is 0.481 e. The highest BCUT2D eigenvalue weighted by atomic mass is 16.4. The van der Waals surface area contributed by atoms with Crippen molar-refractivity contribution < 1.29 is 34.2 Å². The summed E-state index contributed by atoms with van der Waals surface area (Å²) in [6.45, 7) is 6.96. The summed E-state index contributed by atoms with van der Waals surface area (Å²) >= 11 is 0. The third kappa shape index (κ3) is 10.6. The van der Waals surface area contributed by atoms with Gasteiger partial charge in [0.15, 0.2) is 0 Å². The van der Waals surface area contributed by atoms with E-state index in [2.05, 4.69) is 16.0 Å². The van der Waals surface area contributed by atoms with E-state index in [9.17, 15) is 29.1 Å². The standard InChI is InChI=1S/C24H36N4O7/c1-13(2)10-17(26-21(31)16(25)12-19(29)30)22(32)27-18(11-15-8-6-5-7-9-15)23(33)28-20(14(3)4)24(34)35/h5-9,13-14,16-18,20H,10-12,25H2,1-4H3,(H,26,31)(H,27,32)(H,28,33)(H,29,30)(H,34,35). The maximum atomic E-state index is 13.1. The maximum absolute atomic E-state index is 13.1. The number of carbonyl (C=O) groups excluding carboxylic acids is 3. The minimum atomic E-state index is -1.35. The van der Waals surface area contributed by atoms with E-state index in [0.29, 0.717) is 0 Å². The van der Waals surface area contributed by atoms with Gasteiger partial charge in [0.25, 0.3) is 0 Å². The molecule has 7 N–H and O–H groups in total.